The molecule has 2 rings (SSSR count). The number of nitrogen functional groups attached to an aromatic ring is 1. The predicted octanol–water partition coefficient (Wildman–Crippen LogP) is 3.23. The van der Waals surface area contributed by atoms with Gasteiger partial charge >= 0.3 is 11.7 Å². The van der Waals surface area contributed by atoms with Crippen LogP contribution in [0.2, 0.25) is 10.0 Å². The summed E-state index contributed by atoms with van der Waals surface area (Å²) in [4.78, 5) is 52.9. The van der Waals surface area contributed by atoms with Gasteiger partial charge in [0.15, 0.2) is 12.3 Å². The van der Waals surface area contributed by atoms with Crippen molar-refractivity contribution in [2.24, 2.45) is 0 Å². The summed E-state index contributed by atoms with van der Waals surface area (Å²) in [7, 11) is 0. The van der Waals surface area contributed by atoms with Gasteiger partial charge in [-0.05, 0) is 36.6 Å². The van der Waals surface area contributed by atoms with Gasteiger partial charge in [-0.15, -0.1) is 0 Å². The Morgan fingerprint density at radius 1 is 1.18 bits per heavy atom. The van der Waals surface area contributed by atoms with Crippen molar-refractivity contribution in [3.63, 3.8) is 0 Å². The molecule has 0 fully saturated rings. The first-order valence-electron chi connectivity index (χ1n) is 10.4. The Hall–Kier alpha value is -3.04. The molecule has 1 aromatic heterocycles. The molecular weight excluding hydrogens is 471 g/mol. The highest BCUT2D eigenvalue weighted by atomic mass is 35.5. The lowest BCUT2D eigenvalue weighted by Gasteiger charge is -2.24. The summed E-state index contributed by atoms with van der Waals surface area (Å²) in [6.45, 7) is 3.60. The van der Waals surface area contributed by atoms with Crippen LogP contribution in [-0.4, -0.2) is 34.6 Å². The molecule has 0 bridgehead atoms. The summed E-state index contributed by atoms with van der Waals surface area (Å²) in [5.74, 6) is -1.51. The van der Waals surface area contributed by atoms with Gasteiger partial charge in [0.2, 0.25) is 0 Å². The Balaban J connectivity index is 2.19. The van der Waals surface area contributed by atoms with E-state index in [1.165, 1.54) is 10.6 Å². The minimum absolute atomic E-state index is 0.110. The van der Waals surface area contributed by atoms with E-state index in [0.717, 1.165) is 17.4 Å². The minimum atomic E-state index is -0.778. The molecule has 0 aliphatic carbocycles. The number of anilines is 2. The highest BCUT2D eigenvalue weighted by molar-refractivity contribution is 6.42. The Morgan fingerprint density at radius 2 is 1.91 bits per heavy atom. The molecule has 0 atom stereocenters. The molecule has 0 aliphatic heterocycles. The second-order valence-corrected chi connectivity index (χ2v) is 7.97. The fraction of sp³-hybridized carbons (Fsp3) is 0.364. The molecule has 0 saturated carbocycles. The van der Waals surface area contributed by atoms with E-state index < -0.39 is 29.7 Å². The third-order valence-corrected chi connectivity index (χ3v) is 5.40. The molecule has 3 N–H and O–H groups in total. The SMILES string of the molecule is CCCCN(C(=O)COC(=O)/C=C/c1ccc(Cl)c(Cl)c1)c1c(N)n(CCC)c(=O)[nH]c1=O. The summed E-state index contributed by atoms with van der Waals surface area (Å²) >= 11 is 11.8. The monoisotopic (exact) mass is 496 g/mol. The van der Waals surface area contributed by atoms with Crippen LogP contribution in [0, 0.1) is 0 Å². The van der Waals surface area contributed by atoms with Gasteiger partial charge in [0.05, 0.1) is 10.0 Å². The highest BCUT2D eigenvalue weighted by Gasteiger charge is 2.24. The topological polar surface area (TPSA) is 127 Å². The molecule has 11 heteroatoms. The lowest BCUT2D eigenvalue weighted by molar-refractivity contribution is -0.142. The van der Waals surface area contributed by atoms with Gasteiger partial charge in [-0.2, -0.15) is 0 Å². The van der Waals surface area contributed by atoms with Gasteiger partial charge in [-0.1, -0.05) is 49.5 Å². The van der Waals surface area contributed by atoms with Crippen molar-refractivity contribution >= 4 is 52.7 Å². The number of benzene rings is 1. The second kappa shape index (κ2) is 12.3. The van der Waals surface area contributed by atoms with E-state index in [2.05, 4.69) is 4.98 Å². The lowest BCUT2D eigenvalue weighted by Crippen LogP contribution is -2.43. The Kier molecular flexibility index (Phi) is 9.74. The number of amides is 1. The Bertz CT molecular complexity index is 1160. The van der Waals surface area contributed by atoms with E-state index in [0.29, 0.717) is 28.5 Å². The molecule has 0 spiro atoms. The average Bonchev–Trinajstić information content (AvgIpc) is 2.77. The number of esters is 1. The molecule has 0 saturated heterocycles. The van der Waals surface area contributed by atoms with E-state index >= 15 is 0 Å². The molecule has 1 heterocycles. The molecule has 1 aromatic carbocycles. The number of H-pyrrole nitrogens is 1. The largest absolute Gasteiger partial charge is 0.452 e. The zero-order chi connectivity index (χ0) is 24.5. The summed E-state index contributed by atoms with van der Waals surface area (Å²) in [6.07, 6.45) is 4.52. The van der Waals surface area contributed by atoms with E-state index in [4.69, 9.17) is 33.7 Å². The van der Waals surface area contributed by atoms with Gasteiger partial charge in [-0.3, -0.25) is 19.1 Å². The molecule has 1 amide bonds. The van der Waals surface area contributed by atoms with Crippen LogP contribution in [-0.2, 0) is 20.9 Å². The minimum Gasteiger partial charge on any atom is -0.452 e. The number of unbranched alkanes of at least 4 members (excludes halogenated alkanes) is 1. The van der Waals surface area contributed by atoms with Crippen LogP contribution in [0.15, 0.2) is 33.9 Å². The first-order valence-corrected chi connectivity index (χ1v) is 11.2. The number of hydrogen-bond donors (Lipinski definition) is 2. The predicted molar refractivity (Wildman–Crippen MR) is 130 cm³/mol. The fourth-order valence-electron chi connectivity index (χ4n) is 3.00. The van der Waals surface area contributed by atoms with E-state index in [1.807, 2.05) is 13.8 Å². The Labute approximate surface area is 200 Å². The number of nitrogens with two attached hydrogens (primary N) is 1. The van der Waals surface area contributed by atoms with Crippen LogP contribution in [0.25, 0.3) is 6.08 Å². The number of carbonyl (C=O) groups excluding carboxylic acids is 2. The molecular formula is C22H26Cl2N4O5. The first kappa shape index (κ1) is 26.2. The van der Waals surface area contributed by atoms with Crippen molar-refractivity contribution in [3.05, 3.63) is 60.7 Å². The van der Waals surface area contributed by atoms with Crippen molar-refractivity contribution < 1.29 is 14.3 Å². The smallest absolute Gasteiger partial charge is 0.331 e. The maximum atomic E-state index is 12.9. The van der Waals surface area contributed by atoms with Crippen molar-refractivity contribution in [1.82, 2.24) is 9.55 Å². The lowest BCUT2D eigenvalue weighted by atomic mass is 10.2. The van der Waals surface area contributed by atoms with Crippen LogP contribution < -0.4 is 21.9 Å². The normalized spacial score (nSPS) is 11.0. The number of aromatic amines is 1. The second-order valence-electron chi connectivity index (χ2n) is 7.16. The molecule has 0 unspecified atom stereocenters. The van der Waals surface area contributed by atoms with E-state index in [1.54, 1.807) is 18.2 Å². The number of rotatable bonds is 10. The van der Waals surface area contributed by atoms with Gasteiger partial charge in [0.1, 0.15) is 5.82 Å². The van der Waals surface area contributed by atoms with Gasteiger partial charge in [0, 0.05) is 19.2 Å². The molecule has 33 heavy (non-hydrogen) atoms. The zero-order valence-electron chi connectivity index (χ0n) is 18.4. The molecule has 178 valence electrons. The molecule has 2 aromatic rings. The fourth-order valence-corrected chi connectivity index (χ4v) is 3.31. The maximum Gasteiger partial charge on any atom is 0.331 e. The van der Waals surface area contributed by atoms with Crippen LogP contribution >= 0.6 is 23.2 Å². The number of hydrogen-bond acceptors (Lipinski definition) is 6. The number of ether oxygens (including phenoxy) is 1. The van der Waals surface area contributed by atoms with E-state index in [-0.39, 0.29) is 24.6 Å². The van der Waals surface area contributed by atoms with Gasteiger partial charge in [0.25, 0.3) is 11.5 Å². The number of halogens is 2. The third-order valence-electron chi connectivity index (χ3n) is 4.66. The van der Waals surface area contributed by atoms with Gasteiger partial charge in [-0.25, -0.2) is 9.59 Å². The number of carbonyl (C=O) groups is 2. The third kappa shape index (κ3) is 6.97. The quantitative estimate of drug-likeness (QED) is 0.383. The summed E-state index contributed by atoms with van der Waals surface area (Å²) in [5.41, 5.74) is 5.14. The molecule has 9 nitrogen and oxygen atoms in total. The standard InChI is InChI=1S/C22H26Cl2N4O5/c1-3-5-11-27(19-20(25)28(10-4-2)22(32)26-21(19)31)17(29)13-33-18(30)9-7-14-6-8-15(23)16(24)12-14/h6-9,12H,3-5,10-11,13,25H2,1-2H3,(H,26,31,32)/b9-7+. The van der Waals surface area contributed by atoms with Crippen molar-refractivity contribution in [2.45, 2.75) is 39.7 Å². The van der Waals surface area contributed by atoms with E-state index in [9.17, 15) is 19.2 Å². The van der Waals surface area contributed by atoms with Gasteiger partial charge < -0.3 is 15.4 Å². The van der Waals surface area contributed by atoms with Crippen molar-refractivity contribution in [1.29, 1.82) is 0 Å². The highest BCUT2D eigenvalue weighted by Crippen LogP contribution is 2.23. The number of nitrogens with one attached hydrogen (secondary N) is 1. The molecule has 0 radical (unpaired) electrons. The van der Waals surface area contributed by atoms with Crippen LogP contribution in [0.1, 0.15) is 38.7 Å². The van der Waals surface area contributed by atoms with Crippen LogP contribution in [0.3, 0.4) is 0 Å². The summed E-state index contributed by atoms with van der Waals surface area (Å²) in [5, 5.41) is 0.717. The first-order chi connectivity index (χ1) is 15.7. The summed E-state index contributed by atoms with van der Waals surface area (Å²) in [6, 6.07) is 4.82. The average molecular weight is 497 g/mol. The maximum absolute atomic E-state index is 12.9. The van der Waals surface area contributed by atoms with Crippen molar-refractivity contribution in [2.75, 3.05) is 23.8 Å². The Morgan fingerprint density at radius 3 is 2.55 bits per heavy atom. The number of nitrogens with zero attached hydrogens (tertiary/aromatic N) is 2. The summed E-state index contributed by atoms with van der Waals surface area (Å²) < 4.78 is 6.25. The van der Waals surface area contributed by atoms with Crippen molar-refractivity contribution in [3.8, 4) is 0 Å². The van der Waals surface area contributed by atoms with Crippen LogP contribution in [0.4, 0.5) is 11.5 Å². The zero-order valence-corrected chi connectivity index (χ0v) is 19.9. The molecule has 0 aliphatic rings. The van der Waals surface area contributed by atoms with Crippen LogP contribution in [0.5, 0.6) is 0 Å². The number of aromatic nitrogens is 2.